The Labute approximate surface area is 133 Å². The molecule has 0 aliphatic rings. The van der Waals surface area contributed by atoms with Gasteiger partial charge in [0.15, 0.2) is 0 Å². The first-order valence-electron chi connectivity index (χ1n) is 7.44. The molecule has 2 rings (SSSR count). The van der Waals surface area contributed by atoms with Gasteiger partial charge in [0.05, 0.1) is 0 Å². The van der Waals surface area contributed by atoms with E-state index in [2.05, 4.69) is 69.5 Å². The van der Waals surface area contributed by atoms with E-state index in [1.807, 2.05) is 30.3 Å². The molecule has 0 bridgehead atoms. The van der Waals surface area contributed by atoms with Gasteiger partial charge in [-0.1, -0.05) is 86.0 Å². The molecule has 2 aromatic rings. The van der Waals surface area contributed by atoms with Crippen molar-refractivity contribution in [3.8, 4) is 0 Å². The lowest BCUT2D eigenvalue weighted by molar-refractivity contribution is 1.45. The molecule has 0 spiro atoms. The van der Waals surface area contributed by atoms with Crippen molar-refractivity contribution in [1.29, 1.82) is 0 Å². The van der Waals surface area contributed by atoms with Crippen LogP contribution < -0.4 is 0 Å². The summed E-state index contributed by atoms with van der Waals surface area (Å²) in [5.74, 6) is 0. The van der Waals surface area contributed by atoms with Gasteiger partial charge >= 0.3 is 0 Å². The average Bonchev–Trinajstić information content (AvgIpc) is 2.59. The zero-order chi connectivity index (χ0) is 15.9. The predicted molar refractivity (Wildman–Crippen MR) is 98.5 cm³/mol. The second kappa shape index (κ2) is 7.42. The first kappa shape index (κ1) is 15.8. The summed E-state index contributed by atoms with van der Waals surface area (Å²) >= 11 is 0. The normalized spacial score (nSPS) is 12.1. The van der Waals surface area contributed by atoms with Crippen LogP contribution in [0.25, 0.3) is 11.1 Å². The van der Waals surface area contributed by atoms with Crippen molar-refractivity contribution < 1.29 is 0 Å². The maximum atomic E-state index is 4.14. The molecule has 0 heteroatoms. The molecule has 0 unspecified atom stereocenters. The molecular formula is C22H22. The zero-order valence-corrected chi connectivity index (χ0v) is 13.3. The van der Waals surface area contributed by atoms with Crippen LogP contribution in [0, 0.1) is 0 Å². The van der Waals surface area contributed by atoms with Crippen LogP contribution in [0.2, 0.25) is 0 Å². The first-order valence-corrected chi connectivity index (χ1v) is 7.44. The largest absolute Gasteiger partial charge is 0.0912 e. The molecule has 110 valence electrons. The fourth-order valence-electron chi connectivity index (χ4n) is 2.19. The van der Waals surface area contributed by atoms with Crippen LogP contribution in [0.3, 0.4) is 0 Å². The topological polar surface area (TPSA) is 0 Å². The highest BCUT2D eigenvalue weighted by Crippen LogP contribution is 2.23. The predicted octanol–water partition coefficient (Wildman–Crippen LogP) is 6.31. The summed E-state index contributed by atoms with van der Waals surface area (Å²) in [7, 11) is 0. The molecule has 2 aromatic carbocycles. The van der Waals surface area contributed by atoms with E-state index in [9.17, 15) is 0 Å². The third-order valence-electron chi connectivity index (χ3n) is 3.84. The van der Waals surface area contributed by atoms with Gasteiger partial charge in [-0.3, -0.25) is 0 Å². The summed E-state index contributed by atoms with van der Waals surface area (Å²) in [5, 5.41) is 0. The maximum absolute atomic E-state index is 4.14. The Hall–Kier alpha value is -2.60. The average molecular weight is 286 g/mol. The van der Waals surface area contributed by atoms with Crippen LogP contribution in [-0.2, 0) is 0 Å². The van der Waals surface area contributed by atoms with Crippen molar-refractivity contribution in [2.45, 2.75) is 13.8 Å². The lowest BCUT2D eigenvalue weighted by Gasteiger charge is -2.07. The van der Waals surface area contributed by atoms with E-state index >= 15 is 0 Å². The molecule has 0 heterocycles. The quantitative estimate of drug-likeness (QED) is 0.565. The lowest BCUT2D eigenvalue weighted by atomic mass is 9.98. The highest BCUT2D eigenvalue weighted by Gasteiger charge is 2.01. The van der Waals surface area contributed by atoms with E-state index in [-0.39, 0.29) is 0 Å². The Kier molecular flexibility index (Phi) is 5.32. The van der Waals surface area contributed by atoms with E-state index in [4.69, 9.17) is 0 Å². The minimum absolute atomic E-state index is 0.936. The first-order chi connectivity index (χ1) is 10.6. The molecular weight excluding hydrogens is 264 g/mol. The van der Waals surface area contributed by atoms with Crippen LogP contribution >= 0.6 is 0 Å². The second-order valence-electron chi connectivity index (χ2n) is 5.38. The van der Waals surface area contributed by atoms with Crippen LogP contribution in [0.15, 0.2) is 97.1 Å². The van der Waals surface area contributed by atoms with Gasteiger partial charge < -0.3 is 0 Å². The van der Waals surface area contributed by atoms with Gasteiger partial charge in [0.2, 0.25) is 0 Å². The van der Waals surface area contributed by atoms with Crippen molar-refractivity contribution >= 4 is 11.1 Å². The van der Waals surface area contributed by atoms with Crippen LogP contribution in [0.5, 0.6) is 0 Å². The summed E-state index contributed by atoms with van der Waals surface area (Å²) in [4.78, 5) is 0. The molecule has 0 aliphatic heterocycles. The fourth-order valence-corrected chi connectivity index (χ4v) is 2.19. The minimum Gasteiger partial charge on any atom is -0.0912 e. The summed E-state index contributed by atoms with van der Waals surface area (Å²) < 4.78 is 0. The molecule has 0 nitrogen and oxygen atoms in total. The zero-order valence-electron chi connectivity index (χ0n) is 13.3. The highest BCUT2D eigenvalue weighted by atomic mass is 14.1. The summed E-state index contributed by atoms with van der Waals surface area (Å²) in [5.41, 5.74) is 6.76. The summed E-state index contributed by atoms with van der Waals surface area (Å²) in [6.07, 6.45) is 4.15. The number of hydrogen-bond acceptors (Lipinski definition) is 0. The third kappa shape index (κ3) is 3.95. The molecule has 0 aliphatic carbocycles. The molecule has 0 N–H and O–H groups in total. The van der Waals surface area contributed by atoms with Crippen molar-refractivity contribution in [1.82, 2.24) is 0 Å². The van der Waals surface area contributed by atoms with E-state index in [0.29, 0.717) is 0 Å². The Morgan fingerprint density at radius 1 is 0.727 bits per heavy atom. The maximum Gasteiger partial charge on any atom is -0.0184 e. The van der Waals surface area contributed by atoms with Gasteiger partial charge in [0, 0.05) is 0 Å². The summed E-state index contributed by atoms with van der Waals surface area (Å²) in [6, 6.07) is 20.6. The van der Waals surface area contributed by atoms with E-state index in [0.717, 1.165) is 16.7 Å². The number of hydrogen-bond donors (Lipinski definition) is 0. The second-order valence-corrected chi connectivity index (χ2v) is 5.38. The highest BCUT2D eigenvalue weighted by molar-refractivity contribution is 5.80. The van der Waals surface area contributed by atoms with Gasteiger partial charge in [-0.2, -0.15) is 0 Å². The fraction of sp³-hybridized carbons (Fsp3) is 0.0909. The molecule has 0 saturated heterocycles. The SMILES string of the molecule is C=C(C=CC(C)=C(C)c1ccccc1)C(=C)c1ccccc1. The molecule has 0 fully saturated rings. The Balaban J connectivity index is 2.14. The Morgan fingerprint density at radius 2 is 1.23 bits per heavy atom. The summed E-state index contributed by atoms with van der Waals surface area (Å²) in [6.45, 7) is 12.5. The molecule has 0 aromatic heterocycles. The van der Waals surface area contributed by atoms with Crippen molar-refractivity contribution in [2.75, 3.05) is 0 Å². The minimum atomic E-state index is 0.936. The molecule has 0 atom stereocenters. The molecule has 0 saturated carbocycles. The van der Waals surface area contributed by atoms with Crippen LogP contribution in [0.1, 0.15) is 25.0 Å². The smallest absolute Gasteiger partial charge is 0.0184 e. The molecule has 22 heavy (non-hydrogen) atoms. The standard InChI is InChI=1S/C22H22/c1-17(19(3)21-11-7-5-8-12-21)15-16-18(2)20(4)22-13-9-6-10-14-22/h5-16H,1,3H2,2,4H3. The molecule has 0 radical (unpaired) electrons. The van der Waals surface area contributed by atoms with Gasteiger partial charge in [-0.15, -0.1) is 0 Å². The number of allylic oxidation sites excluding steroid dienone is 6. The van der Waals surface area contributed by atoms with E-state index in [1.54, 1.807) is 0 Å². The number of benzene rings is 2. The lowest BCUT2D eigenvalue weighted by Crippen LogP contribution is -1.85. The monoisotopic (exact) mass is 286 g/mol. The molecule has 0 amide bonds. The van der Waals surface area contributed by atoms with Crippen molar-refractivity contribution in [2.24, 2.45) is 0 Å². The Morgan fingerprint density at radius 3 is 1.77 bits per heavy atom. The van der Waals surface area contributed by atoms with Gasteiger partial charge in [-0.05, 0) is 47.3 Å². The van der Waals surface area contributed by atoms with Gasteiger partial charge in [0.25, 0.3) is 0 Å². The van der Waals surface area contributed by atoms with Crippen molar-refractivity contribution in [3.05, 3.63) is 108 Å². The van der Waals surface area contributed by atoms with Gasteiger partial charge in [-0.25, -0.2) is 0 Å². The van der Waals surface area contributed by atoms with E-state index in [1.165, 1.54) is 16.7 Å². The number of rotatable bonds is 5. The van der Waals surface area contributed by atoms with Crippen LogP contribution in [0.4, 0.5) is 0 Å². The third-order valence-corrected chi connectivity index (χ3v) is 3.84. The van der Waals surface area contributed by atoms with Crippen molar-refractivity contribution in [3.63, 3.8) is 0 Å². The van der Waals surface area contributed by atoms with Gasteiger partial charge in [0.1, 0.15) is 0 Å². The van der Waals surface area contributed by atoms with Crippen LogP contribution in [-0.4, -0.2) is 0 Å². The Bertz CT molecular complexity index is 713. The van der Waals surface area contributed by atoms with E-state index < -0.39 is 0 Å².